The Morgan fingerprint density at radius 2 is 2.04 bits per heavy atom. The fourth-order valence-electron chi connectivity index (χ4n) is 4.32. The average molecular weight is 366 g/mol. The van der Waals surface area contributed by atoms with E-state index in [0.717, 1.165) is 32.5 Å². The van der Waals surface area contributed by atoms with Gasteiger partial charge in [-0.2, -0.15) is 0 Å². The minimum atomic E-state index is -0.0545. The Morgan fingerprint density at radius 1 is 1.22 bits per heavy atom. The molecule has 1 amide bonds. The van der Waals surface area contributed by atoms with Gasteiger partial charge >= 0.3 is 0 Å². The Balaban J connectivity index is 1.40. The first kappa shape index (κ1) is 17.9. The molecule has 2 aliphatic rings. The van der Waals surface area contributed by atoms with Crippen LogP contribution in [-0.4, -0.2) is 46.6 Å². The second-order valence-electron chi connectivity index (χ2n) is 7.60. The predicted octanol–water partition coefficient (Wildman–Crippen LogP) is 2.21. The van der Waals surface area contributed by atoms with Crippen molar-refractivity contribution in [3.05, 3.63) is 59.4 Å². The van der Waals surface area contributed by atoms with E-state index in [0.29, 0.717) is 23.6 Å². The summed E-state index contributed by atoms with van der Waals surface area (Å²) in [5, 5.41) is 9.34. The number of likely N-dealkylation sites (tertiary alicyclic amines) is 1. The fourth-order valence-corrected chi connectivity index (χ4v) is 4.32. The molecule has 1 aromatic carbocycles. The van der Waals surface area contributed by atoms with Crippen molar-refractivity contribution in [1.29, 1.82) is 0 Å². The van der Waals surface area contributed by atoms with Crippen molar-refractivity contribution < 1.29 is 9.90 Å². The molecular formula is C21H26N4O2. The predicted molar refractivity (Wildman–Crippen MR) is 103 cm³/mol. The van der Waals surface area contributed by atoms with Crippen molar-refractivity contribution in [3.63, 3.8) is 0 Å². The van der Waals surface area contributed by atoms with Crippen molar-refractivity contribution in [2.24, 2.45) is 5.92 Å². The Bertz CT molecular complexity index is 800. The van der Waals surface area contributed by atoms with Crippen LogP contribution in [0.1, 0.15) is 40.4 Å². The smallest absolute Gasteiger partial charge is 0.272 e. The summed E-state index contributed by atoms with van der Waals surface area (Å²) in [5.41, 5.74) is 9.89. The highest BCUT2D eigenvalue weighted by Crippen LogP contribution is 2.33. The van der Waals surface area contributed by atoms with Gasteiger partial charge in [-0.1, -0.05) is 29.8 Å². The summed E-state index contributed by atoms with van der Waals surface area (Å²) in [6.07, 6.45) is 3.28. The number of carbonyl (C=O) groups excluding carboxylic acids is 1. The lowest BCUT2D eigenvalue weighted by molar-refractivity contribution is 0.0664. The van der Waals surface area contributed by atoms with Crippen LogP contribution in [0.5, 0.6) is 5.75 Å². The number of benzene rings is 1. The minimum absolute atomic E-state index is 0.0545. The Morgan fingerprint density at radius 3 is 2.74 bits per heavy atom. The van der Waals surface area contributed by atoms with E-state index in [1.54, 1.807) is 6.07 Å². The molecule has 4 rings (SSSR count). The Hall–Kier alpha value is -2.44. The molecule has 2 aliphatic heterocycles. The van der Waals surface area contributed by atoms with Gasteiger partial charge in [0.25, 0.3) is 5.91 Å². The molecule has 142 valence electrons. The molecule has 2 atom stereocenters. The lowest BCUT2D eigenvalue weighted by Crippen LogP contribution is -2.46. The maximum absolute atomic E-state index is 12.6. The number of hydrogen-bond donors (Lipinski definition) is 3. The number of piperidine rings is 1. The van der Waals surface area contributed by atoms with Crippen molar-refractivity contribution in [1.82, 2.24) is 20.7 Å². The topological polar surface area (TPSA) is 77.5 Å². The maximum atomic E-state index is 12.6. The molecule has 0 aliphatic carbocycles. The number of pyridine rings is 1. The van der Waals surface area contributed by atoms with Gasteiger partial charge in [-0.25, -0.2) is 4.98 Å². The zero-order chi connectivity index (χ0) is 18.8. The Labute approximate surface area is 159 Å². The van der Waals surface area contributed by atoms with Crippen molar-refractivity contribution in [2.45, 2.75) is 31.7 Å². The van der Waals surface area contributed by atoms with Crippen LogP contribution in [0.4, 0.5) is 0 Å². The van der Waals surface area contributed by atoms with E-state index in [-0.39, 0.29) is 11.7 Å². The lowest BCUT2D eigenvalue weighted by atomic mass is 9.80. The zero-order valence-corrected chi connectivity index (χ0v) is 15.6. The normalized spacial score (nSPS) is 23.5. The molecule has 3 N–H and O–H groups in total. The average Bonchev–Trinajstić information content (AvgIpc) is 3.18. The summed E-state index contributed by atoms with van der Waals surface area (Å²) in [6, 6.07) is 12.2. The standard InChI is InChI=1S/C21H26N4O2/c1-14-3-2-4-16(11-14)18-13-23-24-20(18)15-7-9-25(10-8-15)21(27)19-6-5-17(26)12-22-19/h2-6,11-12,15,18,20,23-24,26H,7-10,13H2,1H3. The minimum Gasteiger partial charge on any atom is -0.506 e. The molecule has 2 unspecified atom stereocenters. The second-order valence-corrected chi connectivity index (χ2v) is 7.60. The largest absolute Gasteiger partial charge is 0.506 e. The van der Waals surface area contributed by atoms with Crippen LogP contribution in [0, 0.1) is 12.8 Å². The quantitative estimate of drug-likeness (QED) is 0.776. The summed E-state index contributed by atoms with van der Waals surface area (Å²) >= 11 is 0. The molecule has 6 heteroatoms. The van der Waals surface area contributed by atoms with Crippen molar-refractivity contribution in [2.75, 3.05) is 19.6 Å². The second kappa shape index (κ2) is 7.66. The third kappa shape index (κ3) is 3.82. The summed E-state index contributed by atoms with van der Waals surface area (Å²) in [7, 11) is 0. The first-order chi connectivity index (χ1) is 13.1. The molecule has 27 heavy (non-hydrogen) atoms. The lowest BCUT2D eigenvalue weighted by Gasteiger charge is -2.36. The Kier molecular flexibility index (Phi) is 5.09. The van der Waals surface area contributed by atoms with E-state index in [1.807, 2.05) is 4.90 Å². The number of nitrogens with one attached hydrogen (secondary N) is 2. The van der Waals surface area contributed by atoms with Crippen LogP contribution in [0.15, 0.2) is 42.6 Å². The number of aromatic hydroxyl groups is 1. The van der Waals surface area contributed by atoms with E-state index >= 15 is 0 Å². The van der Waals surface area contributed by atoms with Crippen molar-refractivity contribution >= 4 is 5.91 Å². The molecule has 6 nitrogen and oxygen atoms in total. The van der Waals surface area contributed by atoms with Crippen LogP contribution >= 0.6 is 0 Å². The monoisotopic (exact) mass is 366 g/mol. The maximum Gasteiger partial charge on any atom is 0.272 e. The molecule has 0 saturated carbocycles. The number of hydrazine groups is 1. The van der Waals surface area contributed by atoms with Crippen LogP contribution in [0.3, 0.4) is 0 Å². The molecule has 0 spiro atoms. The zero-order valence-electron chi connectivity index (χ0n) is 15.6. The first-order valence-corrected chi connectivity index (χ1v) is 9.61. The third-order valence-electron chi connectivity index (χ3n) is 5.80. The van der Waals surface area contributed by atoms with Gasteiger partial charge in [0, 0.05) is 31.6 Å². The SMILES string of the molecule is Cc1cccc(C2CNNC2C2CCN(C(=O)c3ccc(O)cn3)CC2)c1. The first-order valence-electron chi connectivity index (χ1n) is 9.61. The van der Waals surface area contributed by atoms with Gasteiger partial charge in [0.15, 0.2) is 0 Å². The number of aromatic nitrogens is 1. The number of hydrogen-bond acceptors (Lipinski definition) is 5. The molecule has 2 fully saturated rings. The van der Waals surface area contributed by atoms with E-state index in [2.05, 4.69) is 47.0 Å². The number of rotatable bonds is 3. The van der Waals surface area contributed by atoms with Crippen LogP contribution in [0.2, 0.25) is 0 Å². The third-order valence-corrected chi connectivity index (χ3v) is 5.80. The molecule has 3 heterocycles. The fraction of sp³-hybridized carbons (Fsp3) is 0.429. The molecule has 0 radical (unpaired) electrons. The van der Waals surface area contributed by atoms with Crippen LogP contribution in [-0.2, 0) is 0 Å². The summed E-state index contributed by atoms with van der Waals surface area (Å²) in [5.74, 6) is 1.01. The van der Waals surface area contributed by atoms with E-state index in [9.17, 15) is 9.90 Å². The van der Waals surface area contributed by atoms with Gasteiger partial charge < -0.3 is 10.0 Å². The molecule has 1 aromatic heterocycles. The van der Waals surface area contributed by atoms with E-state index in [4.69, 9.17) is 0 Å². The van der Waals surface area contributed by atoms with Gasteiger partial charge in [-0.3, -0.25) is 15.6 Å². The number of carbonyl (C=O) groups is 1. The highest BCUT2D eigenvalue weighted by atomic mass is 16.3. The summed E-state index contributed by atoms with van der Waals surface area (Å²) in [4.78, 5) is 18.5. The highest BCUT2D eigenvalue weighted by Gasteiger charge is 2.37. The number of nitrogens with zero attached hydrogens (tertiary/aromatic N) is 2. The summed E-state index contributed by atoms with van der Waals surface area (Å²) < 4.78 is 0. The highest BCUT2D eigenvalue weighted by molar-refractivity contribution is 5.92. The summed E-state index contributed by atoms with van der Waals surface area (Å²) in [6.45, 7) is 4.55. The number of amides is 1. The van der Waals surface area contributed by atoms with Gasteiger partial charge in [-0.05, 0) is 43.4 Å². The van der Waals surface area contributed by atoms with Gasteiger partial charge in [0.1, 0.15) is 11.4 Å². The molecule has 2 saturated heterocycles. The molecular weight excluding hydrogens is 340 g/mol. The van der Waals surface area contributed by atoms with Gasteiger partial charge in [0.05, 0.1) is 6.20 Å². The van der Waals surface area contributed by atoms with E-state index in [1.165, 1.54) is 23.4 Å². The van der Waals surface area contributed by atoms with Crippen LogP contribution < -0.4 is 10.9 Å². The van der Waals surface area contributed by atoms with Crippen LogP contribution in [0.25, 0.3) is 0 Å². The van der Waals surface area contributed by atoms with E-state index < -0.39 is 0 Å². The van der Waals surface area contributed by atoms with Gasteiger partial charge in [-0.15, -0.1) is 0 Å². The molecule has 2 aromatic rings. The molecule has 0 bridgehead atoms. The van der Waals surface area contributed by atoms with Crippen molar-refractivity contribution in [3.8, 4) is 5.75 Å². The number of aryl methyl sites for hydroxylation is 1. The van der Waals surface area contributed by atoms with Gasteiger partial charge in [0.2, 0.25) is 0 Å².